The minimum atomic E-state index is 0.0250. The van der Waals surface area contributed by atoms with Crippen molar-refractivity contribution in [3.63, 3.8) is 0 Å². The van der Waals surface area contributed by atoms with Gasteiger partial charge in [0.1, 0.15) is 18.0 Å². The molecule has 2 aromatic heterocycles. The Hall–Kier alpha value is -4.19. The fraction of sp³-hybridized carbons (Fsp3) is 0.300. The molecule has 0 atom stereocenters. The SMILES string of the molecule is CN1CCN(CCN2CCOc3cc(-c4cnc5[nH]cc(-c6cccc(C#N)c6)c5c4)ccc3C2=O)CC1. The summed E-state index contributed by atoms with van der Waals surface area (Å²) in [6.45, 7) is 6.86. The van der Waals surface area contributed by atoms with Gasteiger partial charge in [-0.2, -0.15) is 5.26 Å². The fourth-order valence-electron chi connectivity index (χ4n) is 5.24. The van der Waals surface area contributed by atoms with Gasteiger partial charge in [-0.1, -0.05) is 18.2 Å². The van der Waals surface area contributed by atoms with Gasteiger partial charge in [-0.3, -0.25) is 9.69 Å². The molecular formula is C30H30N6O2. The second-order valence-electron chi connectivity index (χ2n) is 10.0. The number of piperazine rings is 1. The molecule has 2 aliphatic heterocycles. The van der Waals surface area contributed by atoms with E-state index in [0.29, 0.717) is 36.6 Å². The molecule has 192 valence electrons. The highest BCUT2D eigenvalue weighted by Crippen LogP contribution is 2.34. The van der Waals surface area contributed by atoms with Crippen LogP contribution >= 0.6 is 0 Å². The number of carbonyl (C=O) groups excluding carboxylic acids is 1. The molecule has 0 spiro atoms. The van der Waals surface area contributed by atoms with Crippen molar-refractivity contribution in [1.82, 2.24) is 24.7 Å². The van der Waals surface area contributed by atoms with Crippen molar-refractivity contribution in [3.05, 3.63) is 72.1 Å². The van der Waals surface area contributed by atoms with Crippen LogP contribution in [0.1, 0.15) is 15.9 Å². The van der Waals surface area contributed by atoms with E-state index in [-0.39, 0.29) is 5.91 Å². The van der Waals surface area contributed by atoms with Gasteiger partial charge in [0.25, 0.3) is 5.91 Å². The highest BCUT2D eigenvalue weighted by molar-refractivity contribution is 5.99. The van der Waals surface area contributed by atoms with Crippen LogP contribution in [0.3, 0.4) is 0 Å². The van der Waals surface area contributed by atoms with E-state index in [0.717, 1.165) is 66.0 Å². The highest BCUT2D eigenvalue weighted by Gasteiger charge is 2.25. The zero-order chi connectivity index (χ0) is 26.1. The number of nitriles is 1. The van der Waals surface area contributed by atoms with Gasteiger partial charge < -0.3 is 19.5 Å². The third-order valence-corrected chi connectivity index (χ3v) is 7.57. The summed E-state index contributed by atoms with van der Waals surface area (Å²) in [4.78, 5) is 27.9. The molecule has 1 saturated heterocycles. The van der Waals surface area contributed by atoms with E-state index in [1.807, 2.05) is 53.7 Å². The number of rotatable bonds is 5. The van der Waals surface area contributed by atoms with Crippen LogP contribution in [0.25, 0.3) is 33.3 Å². The van der Waals surface area contributed by atoms with Gasteiger partial charge in [0.05, 0.1) is 23.7 Å². The van der Waals surface area contributed by atoms with Gasteiger partial charge in [-0.05, 0) is 48.5 Å². The van der Waals surface area contributed by atoms with E-state index in [1.165, 1.54) is 0 Å². The third-order valence-electron chi connectivity index (χ3n) is 7.57. The number of pyridine rings is 1. The van der Waals surface area contributed by atoms with Gasteiger partial charge in [-0.15, -0.1) is 0 Å². The molecule has 38 heavy (non-hydrogen) atoms. The second-order valence-corrected chi connectivity index (χ2v) is 10.0. The van der Waals surface area contributed by atoms with Crippen LogP contribution in [0, 0.1) is 11.3 Å². The standard InChI is InChI=1S/C30H30N6O2/c1-34-7-9-35(10-8-34)11-12-36-13-14-38-28-17-22(5-6-25(28)30(36)37)24-16-26-27(20-33-29(26)32-19-24)23-4-2-3-21(15-23)18-31/h2-6,15-17,19-20H,7-14H2,1H3,(H,32,33). The minimum Gasteiger partial charge on any atom is -0.491 e. The van der Waals surface area contributed by atoms with Crippen molar-refractivity contribution < 1.29 is 9.53 Å². The molecule has 0 unspecified atom stereocenters. The summed E-state index contributed by atoms with van der Waals surface area (Å²) in [5, 5.41) is 10.3. The van der Waals surface area contributed by atoms with Crippen LogP contribution in [-0.2, 0) is 0 Å². The summed E-state index contributed by atoms with van der Waals surface area (Å²) in [7, 11) is 2.15. The first kappa shape index (κ1) is 24.2. The Balaban J connectivity index is 1.24. The number of nitrogens with one attached hydrogen (secondary N) is 1. The topological polar surface area (TPSA) is 88.5 Å². The van der Waals surface area contributed by atoms with Gasteiger partial charge in [-0.25, -0.2) is 4.98 Å². The molecule has 4 aromatic rings. The van der Waals surface area contributed by atoms with Crippen molar-refractivity contribution in [1.29, 1.82) is 5.26 Å². The maximum atomic E-state index is 13.4. The Bertz CT molecular complexity index is 1530. The van der Waals surface area contributed by atoms with E-state index in [4.69, 9.17) is 4.74 Å². The summed E-state index contributed by atoms with van der Waals surface area (Å²) in [5.74, 6) is 0.641. The lowest BCUT2D eigenvalue weighted by Gasteiger charge is -2.33. The van der Waals surface area contributed by atoms with Crippen molar-refractivity contribution in [3.8, 4) is 34.1 Å². The quantitative estimate of drug-likeness (QED) is 0.442. The van der Waals surface area contributed by atoms with E-state index < -0.39 is 0 Å². The number of aromatic nitrogens is 2. The molecule has 1 N–H and O–H groups in total. The van der Waals surface area contributed by atoms with Crippen LogP contribution in [0.5, 0.6) is 5.75 Å². The third kappa shape index (κ3) is 4.74. The van der Waals surface area contributed by atoms with Crippen LogP contribution in [0.15, 0.2) is 60.9 Å². The molecule has 8 heteroatoms. The van der Waals surface area contributed by atoms with Crippen molar-refractivity contribution >= 4 is 16.9 Å². The first-order chi connectivity index (χ1) is 18.6. The monoisotopic (exact) mass is 506 g/mol. The van der Waals surface area contributed by atoms with Crippen LogP contribution in [0.2, 0.25) is 0 Å². The van der Waals surface area contributed by atoms with Gasteiger partial charge in [0, 0.05) is 68.2 Å². The summed E-state index contributed by atoms with van der Waals surface area (Å²) >= 11 is 0. The first-order valence-electron chi connectivity index (χ1n) is 13.0. The number of aromatic amines is 1. The molecule has 0 bridgehead atoms. The highest BCUT2D eigenvalue weighted by atomic mass is 16.5. The predicted octanol–water partition coefficient (Wildman–Crippen LogP) is 3.85. The van der Waals surface area contributed by atoms with Crippen molar-refractivity contribution in [2.24, 2.45) is 0 Å². The van der Waals surface area contributed by atoms with Crippen LogP contribution < -0.4 is 4.74 Å². The number of hydrogen-bond donors (Lipinski definition) is 1. The summed E-state index contributed by atoms with van der Waals surface area (Å²) in [5.41, 5.74) is 5.83. The maximum absolute atomic E-state index is 13.4. The van der Waals surface area contributed by atoms with E-state index in [1.54, 1.807) is 6.07 Å². The molecule has 0 radical (unpaired) electrons. The van der Waals surface area contributed by atoms with Crippen LogP contribution in [-0.4, -0.2) is 90.0 Å². The number of likely N-dealkylation sites (N-methyl/N-ethyl adjacent to an activating group) is 1. The lowest BCUT2D eigenvalue weighted by atomic mass is 10.00. The molecule has 2 aromatic carbocycles. The van der Waals surface area contributed by atoms with Crippen molar-refractivity contribution in [2.45, 2.75) is 0 Å². The average Bonchev–Trinajstić information content (AvgIpc) is 3.31. The van der Waals surface area contributed by atoms with Gasteiger partial charge in [0.2, 0.25) is 0 Å². The van der Waals surface area contributed by atoms with E-state index >= 15 is 0 Å². The molecule has 0 aliphatic carbocycles. The smallest absolute Gasteiger partial charge is 0.257 e. The summed E-state index contributed by atoms with van der Waals surface area (Å²) in [6.07, 6.45) is 3.75. The van der Waals surface area contributed by atoms with Gasteiger partial charge in [0.15, 0.2) is 0 Å². The Morgan fingerprint density at radius 2 is 1.84 bits per heavy atom. The molecule has 1 fully saturated rings. The van der Waals surface area contributed by atoms with E-state index in [2.05, 4.69) is 39.0 Å². The zero-order valence-corrected chi connectivity index (χ0v) is 21.5. The van der Waals surface area contributed by atoms with Crippen molar-refractivity contribution in [2.75, 3.05) is 59.5 Å². The summed E-state index contributed by atoms with van der Waals surface area (Å²) in [6, 6.07) is 17.7. The molecule has 1 amide bonds. The molecule has 4 heterocycles. The Labute approximate surface area is 222 Å². The molecule has 6 rings (SSSR count). The first-order valence-corrected chi connectivity index (χ1v) is 13.0. The molecule has 0 saturated carbocycles. The minimum absolute atomic E-state index is 0.0250. The Kier molecular flexibility index (Phi) is 6.54. The number of hydrogen-bond acceptors (Lipinski definition) is 6. The number of carbonyl (C=O) groups is 1. The molecule has 8 nitrogen and oxygen atoms in total. The normalized spacial score (nSPS) is 16.6. The Morgan fingerprint density at radius 3 is 2.68 bits per heavy atom. The lowest BCUT2D eigenvalue weighted by molar-refractivity contribution is 0.0713. The average molecular weight is 507 g/mol. The van der Waals surface area contributed by atoms with Gasteiger partial charge >= 0.3 is 0 Å². The lowest BCUT2D eigenvalue weighted by Crippen LogP contribution is -2.47. The maximum Gasteiger partial charge on any atom is 0.257 e. The zero-order valence-electron chi connectivity index (χ0n) is 21.5. The molecular weight excluding hydrogens is 476 g/mol. The fourth-order valence-corrected chi connectivity index (χ4v) is 5.24. The second kappa shape index (κ2) is 10.3. The number of H-pyrrole nitrogens is 1. The van der Waals surface area contributed by atoms with Crippen LogP contribution in [0.4, 0.5) is 0 Å². The number of nitrogens with zero attached hydrogens (tertiary/aromatic N) is 5. The number of benzene rings is 2. The molecule has 2 aliphatic rings. The largest absolute Gasteiger partial charge is 0.491 e. The Morgan fingerprint density at radius 1 is 0.974 bits per heavy atom. The predicted molar refractivity (Wildman–Crippen MR) is 147 cm³/mol. The van der Waals surface area contributed by atoms with E-state index in [9.17, 15) is 10.1 Å². The number of ether oxygens (including phenoxy) is 1. The summed E-state index contributed by atoms with van der Waals surface area (Å²) < 4.78 is 6.07. The number of fused-ring (bicyclic) bond motifs is 2. The number of amides is 1.